The van der Waals surface area contributed by atoms with Crippen LogP contribution in [0.25, 0.3) is 0 Å². The second kappa shape index (κ2) is 8.26. The molecule has 1 N–H and O–H groups in total. The molecule has 1 aromatic rings. The van der Waals surface area contributed by atoms with Crippen molar-refractivity contribution in [2.24, 2.45) is 23.7 Å². The highest BCUT2D eigenvalue weighted by Gasteiger charge is 2.51. The third-order valence-corrected chi connectivity index (χ3v) is 10.2. The van der Waals surface area contributed by atoms with Crippen molar-refractivity contribution in [1.29, 1.82) is 0 Å². The maximum Gasteiger partial charge on any atom is 0.416 e. The van der Waals surface area contributed by atoms with Crippen LogP contribution in [0.3, 0.4) is 0 Å². The quantitative estimate of drug-likeness (QED) is 0.665. The molecular formula is C24H31F3N2O3S. The fraction of sp³-hybridized carbons (Fsp3) is 0.708. The van der Waals surface area contributed by atoms with Gasteiger partial charge in [0.2, 0.25) is 15.9 Å². The average Bonchev–Trinajstić information content (AvgIpc) is 2.72. The lowest BCUT2D eigenvalue weighted by molar-refractivity contribution is -0.137. The number of amides is 1. The van der Waals surface area contributed by atoms with Crippen LogP contribution in [0.2, 0.25) is 0 Å². The minimum Gasteiger partial charge on any atom is -0.351 e. The van der Waals surface area contributed by atoms with Crippen molar-refractivity contribution in [3.63, 3.8) is 0 Å². The summed E-state index contributed by atoms with van der Waals surface area (Å²) in [5, 5.41) is 3.38. The third-order valence-electron chi connectivity index (χ3n) is 8.29. The Labute approximate surface area is 193 Å². The van der Waals surface area contributed by atoms with Gasteiger partial charge in [-0.3, -0.25) is 4.79 Å². The van der Waals surface area contributed by atoms with E-state index in [2.05, 4.69) is 5.32 Å². The summed E-state index contributed by atoms with van der Waals surface area (Å²) in [6.07, 6.45) is 4.09. The van der Waals surface area contributed by atoms with E-state index in [-0.39, 0.29) is 35.3 Å². The van der Waals surface area contributed by atoms with E-state index in [0.29, 0.717) is 25.3 Å². The predicted octanol–water partition coefficient (Wildman–Crippen LogP) is 4.58. The fourth-order valence-electron chi connectivity index (χ4n) is 7.21. The summed E-state index contributed by atoms with van der Waals surface area (Å²) in [5.74, 6) is 2.41. The number of sulfonamides is 1. The van der Waals surface area contributed by atoms with Gasteiger partial charge in [-0.15, -0.1) is 0 Å². The Hall–Kier alpha value is -1.61. The minimum atomic E-state index is -4.59. The van der Waals surface area contributed by atoms with Gasteiger partial charge in [-0.05, 0) is 93.2 Å². The number of halogens is 3. The molecule has 4 bridgehead atoms. The molecule has 0 atom stereocenters. The summed E-state index contributed by atoms with van der Waals surface area (Å²) in [7, 11) is -4.00. The molecule has 9 heteroatoms. The first-order chi connectivity index (χ1) is 15.5. The highest BCUT2D eigenvalue weighted by atomic mass is 32.2. The van der Waals surface area contributed by atoms with Crippen LogP contribution in [-0.2, 0) is 21.0 Å². The molecule has 1 aliphatic heterocycles. The van der Waals surface area contributed by atoms with Crippen LogP contribution in [0.5, 0.6) is 0 Å². The number of nitrogens with one attached hydrogen (secondary N) is 1. The van der Waals surface area contributed by atoms with Gasteiger partial charge in [-0.1, -0.05) is 6.07 Å². The molecule has 0 unspecified atom stereocenters. The Morgan fingerprint density at radius 2 is 1.61 bits per heavy atom. The lowest BCUT2D eigenvalue weighted by Gasteiger charge is -2.57. The molecular weight excluding hydrogens is 453 g/mol. The zero-order valence-electron chi connectivity index (χ0n) is 18.6. The van der Waals surface area contributed by atoms with Crippen molar-refractivity contribution in [3.8, 4) is 0 Å². The Balaban J connectivity index is 1.16. The van der Waals surface area contributed by atoms with Crippen LogP contribution in [0.4, 0.5) is 13.2 Å². The van der Waals surface area contributed by atoms with Crippen LogP contribution >= 0.6 is 0 Å². The lowest BCUT2D eigenvalue weighted by atomic mass is 9.53. The number of rotatable bonds is 5. The normalized spacial score (nSPS) is 32.8. The van der Waals surface area contributed by atoms with Crippen molar-refractivity contribution >= 4 is 15.9 Å². The van der Waals surface area contributed by atoms with Crippen LogP contribution in [0.15, 0.2) is 29.2 Å². The van der Waals surface area contributed by atoms with Crippen LogP contribution in [-0.4, -0.2) is 37.3 Å². The van der Waals surface area contributed by atoms with Crippen molar-refractivity contribution in [2.75, 3.05) is 13.1 Å². The number of nitrogens with zero attached hydrogens (tertiary/aromatic N) is 1. The van der Waals surface area contributed by atoms with E-state index in [9.17, 15) is 26.4 Å². The number of hydrogen-bond donors (Lipinski definition) is 1. The molecule has 5 nitrogen and oxygen atoms in total. The standard InChI is InChI=1S/C24H31F3N2O3S/c25-24(26,27)20-2-1-3-21(12-20)33(31,32)29-6-4-16(5-7-29)11-22(30)28-23-13-17-8-18(14-23)10-19(9-17)15-23/h1-3,12,16-19H,4-11,13-15H2,(H,28,30). The maximum absolute atomic E-state index is 13.0. The van der Waals surface area contributed by atoms with Gasteiger partial charge in [0.25, 0.3) is 0 Å². The van der Waals surface area contributed by atoms with Gasteiger partial charge in [0, 0.05) is 25.0 Å². The molecule has 1 heterocycles. The smallest absolute Gasteiger partial charge is 0.351 e. The van der Waals surface area contributed by atoms with Crippen LogP contribution in [0.1, 0.15) is 63.4 Å². The highest BCUT2D eigenvalue weighted by molar-refractivity contribution is 7.89. The monoisotopic (exact) mass is 484 g/mol. The first kappa shape index (κ1) is 23.1. The SMILES string of the molecule is O=C(CC1CCN(S(=O)(=O)c2cccc(C(F)(F)F)c2)CC1)NC12CC3CC(CC(C3)C1)C2. The summed E-state index contributed by atoms with van der Waals surface area (Å²) in [4.78, 5) is 12.5. The molecule has 4 saturated carbocycles. The molecule has 33 heavy (non-hydrogen) atoms. The molecule has 0 aromatic heterocycles. The number of piperidine rings is 1. The van der Waals surface area contributed by atoms with E-state index >= 15 is 0 Å². The fourth-order valence-corrected chi connectivity index (χ4v) is 8.72. The zero-order valence-corrected chi connectivity index (χ0v) is 19.4. The van der Waals surface area contributed by atoms with Crippen molar-refractivity contribution in [3.05, 3.63) is 29.8 Å². The summed E-state index contributed by atoms with van der Waals surface area (Å²) in [5.41, 5.74) is -1.00. The number of carbonyl (C=O) groups excluding carboxylic acids is 1. The van der Waals surface area contributed by atoms with Gasteiger partial charge < -0.3 is 5.32 Å². The number of alkyl halides is 3. The molecule has 6 rings (SSSR count). The lowest BCUT2D eigenvalue weighted by Crippen LogP contribution is -2.60. The van der Waals surface area contributed by atoms with E-state index in [1.807, 2.05) is 0 Å². The number of benzene rings is 1. The Morgan fingerprint density at radius 3 is 2.15 bits per heavy atom. The molecule has 1 amide bonds. The van der Waals surface area contributed by atoms with Crippen molar-refractivity contribution < 1.29 is 26.4 Å². The van der Waals surface area contributed by atoms with Crippen molar-refractivity contribution in [1.82, 2.24) is 9.62 Å². The van der Waals surface area contributed by atoms with E-state index in [4.69, 9.17) is 0 Å². The predicted molar refractivity (Wildman–Crippen MR) is 117 cm³/mol. The summed E-state index contributed by atoms with van der Waals surface area (Å²) < 4.78 is 66.0. The molecule has 1 saturated heterocycles. The summed E-state index contributed by atoms with van der Waals surface area (Å²) >= 11 is 0. The van der Waals surface area contributed by atoms with Crippen LogP contribution in [0, 0.1) is 23.7 Å². The topological polar surface area (TPSA) is 66.5 Å². The van der Waals surface area contributed by atoms with Gasteiger partial charge in [0.1, 0.15) is 0 Å². The highest BCUT2D eigenvalue weighted by Crippen LogP contribution is 2.55. The average molecular weight is 485 g/mol. The van der Waals surface area contributed by atoms with E-state index in [0.717, 1.165) is 49.1 Å². The maximum atomic E-state index is 13.0. The third kappa shape index (κ3) is 4.67. The largest absolute Gasteiger partial charge is 0.416 e. The molecule has 5 fully saturated rings. The second-order valence-electron chi connectivity index (χ2n) is 10.8. The Kier molecular flexibility index (Phi) is 5.79. The van der Waals surface area contributed by atoms with Gasteiger partial charge in [0.15, 0.2) is 0 Å². The first-order valence-electron chi connectivity index (χ1n) is 12.0. The molecule has 0 radical (unpaired) electrons. The molecule has 1 aromatic carbocycles. The van der Waals surface area contributed by atoms with Crippen molar-refractivity contribution in [2.45, 2.75) is 74.4 Å². The number of hydrogen-bond acceptors (Lipinski definition) is 3. The minimum absolute atomic E-state index is 0.0284. The van der Waals surface area contributed by atoms with Gasteiger partial charge in [0.05, 0.1) is 10.5 Å². The summed E-state index contributed by atoms with van der Waals surface area (Å²) in [6.45, 7) is 0.432. The Morgan fingerprint density at radius 1 is 1.03 bits per heavy atom. The summed E-state index contributed by atoms with van der Waals surface area (Å²) in [6, 6.07) is 3.89. The second-order valence-corrected chi connectivity index (χ2v) is 12.8. The van der Waals surface area contributed by atoms with E-state index < -0.39 is 21.8 Å². The van der Waals surface area contributed by atoms with Gasteiger partial charge in [-0.25, -0.2) is 8.42 Å². The number of carbonyl (C=O) groups is 1. The molecule has 5 aliphatic rings. The van der Waals surface area contributed by atoms with Gasteiger partial charge in [-0.2, -0.15) is 17.5 Å². The van der Waals surface area contributed by atoms with E-state index in [1.54, 1.807) is 0 Å². The van der Waals surface area contributed by atoms with E-state index in [1.165, 1.54) is 29.6 Å². The van der Waals surface area contributed by atoms with Gasteiger partial charge >= 0.3 is 6.18 Å². The zero-order chi connectivity index (χ0) is 23.4. The molecule has 182 valence electrons. The first-order valence-corrected chi connectivity index (χ1v) is 13.4. The Bertz CT molecular complexity index is 981. The molecule has 0 spiro atoms. The van der Waals surface area contributed by atoms with Crippen LogP contribution < -0.4 is 5.32 Å². The molecule has 4 aliphatic carbocycles.